The van der Waals surface area contributed by atoms with Crippen LogP contribution >= 0.6 is 0 Å². The van der Waals surface area contributed by atoms with E-state index in [0.29, 0.717) is 24.8 Å². The van der Waals surface area contributed by atoms with Crippen molar-refractivity contribution in [1.29, 1.82) is 0 Å². The van der Waals surface area contributed by atoms with Gasteiger partial charge >= 0.3 is 0 Å². The number of nitro benzene ring substituents is 1. The van der Waals surface area contributed by atoms with Gasteiger partial charge in [0.2, 0.25) is 0 Å². The number of rotatable bonds is 7. The van der Waals surface area contributed by atoms with Crippen LogP contribution in [-0.2, 0) is 11.3 Å². The maximum Gasteiger partial charge on any atom is 0.292 e. The second kappa shape index (κ2) is 7.09. The van der Waals surface area contributed by atoms with Crippen LogP contribution in [0.25, 0.3) is 0 Å². The summed E-state index contributed by atoms with van der Waals surface area (Å²) < 4.78 is 5.75. The average molecular weight is 266 g/mol. The van der Waals surface area contributed by atoms with E-state index in [1.165, 1.54) is 6.07 Å². The summed E-state index contributed by atoms with van der Waals surface area (Å²) in [6.07, 6.45) is 0.119. The van der Waals surface area contributed by atoms with E-state index in [9.17, 15) is 10.1 Å². The van der Waals surface area contributed by atoms with Gasteiger partial charge in [0.1, 0.15) is 5.69 Å². The molecule has 1 rings (SSSR count). The lowest BCUT2D eigenvalue weighted by atomic mass is 10.1. The van der Waals surface area contributed by atoms with Gasteiger partial charge in [0.05, 0.1) is 17.6 Å². The first kappa shape index (κ1) is 15.4. The number of hydrogen-bond donors (Lipinski definition) is 1. The number of para-hydroxylation sites is 1. The van der Waals surface area contributed by atoms with Crippen LogP contribution in [0.15, 0.2) is 18.2 Å². The van der Waals surface area contributed by atoms with Crippen molar-refractivity contribution in [2.24, 2.45) is 5.92 Å². The number of anilines is 1. The predicted octanol–water partition coefficient (Wildman–Crippen LogP) is 3.59. The first-order chi connectivity index (χ1) is 8.97. The topological polar surface area (TPSA) is 64.4 Å². The monoisotopic (exact) mass is 266 g/mol. The van der Waals surface area contributed by atoms with Crippen LogP contribution in [0.2, 0.25) is 0 Å². The number of nitro groups is 1. The van der Waals surface area contributed by atoms with Crippen molar-refractivity contribution in [3.63, 3.8) is 0 Å². The van der Waals surface area contributed by atoms with Gasteiger partial charge in [-0.1, -0.05) is 26.0 Å². The van der Waals surface area contributed by atoms with E-state index in [0.717, 1.165) is 5.56 Å². The van der Waals surface area contributed by atoms with Gasteiger partial charge in [-0.25, -0.2) is 0 Å². The molecule has 106 valence electrons. The SMILES string of the molecule is CCNc1c(COC(C)C(C)C)cccc1[N+](=O)[O-]. The van der Waals surface area contributed by atoms with E-state index in [-0.39, 0.29) is 16.7 Å². The Kier molecular flexibility index (Phi) is 5.76. The summed E-state index contributed by atoms with van der Waals surface area (Å²) in [5.74, 6) is 0.418. The molecule has 19 heavy (non-hydrogen) atoms. The third-order valence-electron chi connectivity index (χ3n) is 3.12. The van der Waals surface area contributed by atoms with E-state index >= 15 is 0 Å². The van der Waals surface area contributed by atoms with E-state index < -0.39 is 0 Å². The lowest BCUT2D eigenvalue weighted by Crippen LogP contribution is -2.16. The molecule has 0 fully saturated rings. The van der Waals surface area contributed by atoms with Crippen LogP contribution in [-0.4, -0.2) is 17.6 Å². The van der Waals surface area contributed by atoms with Crippen LogP contribution in [0, 0.1) is 16.0 Å². The molecule has 1 unspecified atom stereocenters. The zero-order valence-corrected chi connectivity index (χ0v) is 12.0. The van der Waals surface area contributed by atoms with E-state index in [1.54, 1.807) is 6.07 Å². The highest BCUT2D eigenvalue weighted by atomic mass is 16.6. The molecule has 0 aromatic heterocycles. The number of nitrogens with one attached hydrogen (secondary N) is 1. The molecule has 1 N–H and O–H groups in total. The molecule has 1 atom stereocenters. The lowest BCUT2D eigenvalue weighted by molar-refractivity contribution is -0.384. The van der Waals surface area contributed by atoms with Gasteiger partial charge in [0.15, 0.2) is 0 Å². The van der Waals surface area contributed by atoms with Crippen molar-refractivity contribution in [2.75, 3.05) is 11.9 Å². The molecule has 0 bridgehead atoms. The summed E-state index contributed by atoms with van der Waals surface area (Å²) in [5.41, 5.74) is 1.48. The minimum Gasteiger partial charge on any atom is -0.379 e. The largest absolute Gasteiger partial charge is 0.379 e. The van der Waals surface area contributed by atoms with Gasteiger partial charge in [0.25, 0.3) is 5.69 Å². The summed E-state index contributed by atoms with van der Waals surface area (Å²) in [5, 5.41) is 14.1. The van der Waals surface area contributed by atoms with E-state index in [1.807, 2.05) is 19.9 Å². The average Bonchev–Trinajstić information content (AvgIpc) is 2.36. The number of hydrogen-bond acceptors (Lipinski definition) is 4. The molecule has 0 aliphatic carbocycles. The van der Waals surface area contributed by atoms with Gasteiger partial charge in [-0.15, -0.1) is 0 Å². The third-order valence-corrected chi connectivity index (χ3v) is 3.12. The highest BCUT2D eigenvalue weighted by Gasteiger charge is 2.17. The fourth-order valence-corrected chi connectivity index (χ4v) is 1.65. The van der Waals surface area contributed by atoms with Crippen molar-refractivity contribution in [3.05, 3.63) is 33.9 Å². The molecule has 0 amide bonds. The fourth-order valence-electron chi connectivity index (χ4n) is 1.65. The van der Waals surface area contributed by atoms with Crippen molar-refractivity contribution in [3.8, 4) is 0 Å². The maximum absolute atomic E-state index is 11.0. The maximum atomic E-state index is 11.0. The Bertz CT molecular complexity index is 433. The molecule has 0 aliphatic rings. The van der Waals surface area contributed by atoms with E-state index in [4.69, 9.17) is 4.74 Å². The summed E-state index contributed by atoms with van der Waals surface area (Å²) in [6.45, 7) is 9.11. The molecule has 0 aliphatic heterocycles. The second-order valence-corrected chi connectivity index (χ2v) is 4.86. The molecule has 0 saturated carbocycles. The fraction of sp³-hybridized carbons (Fsp3) is 0.571. The van der Waals surface area contributed by atoms with Crippen LogP contribution in [0.1, 0.15) is 33.3 Å². The first-order valence-electron chi connectivity index (χ1n) is 6.59. The molecule has 5 heteroatoms. The van der Waals surface area contributed by atoms with Gasteiger partial charge in [-0.3, -0.25) is 10.1 Å². The smallest absolute Gasteiger partial charge is 0.292 e. The predicted molar refractivity (Wildman–Crippen MR) is 76.3 cm³/mol. The lowest BCUT2D eigenvalue weighted by Gasteiger charge is -2.18. The molecule has 0 heterocycles. The summed E-state index contributed by atoms with van der Waals surface area (Å²) in [6, 6.07) is 5.06. The Morgan fingerprint density at radius 3 is 2.58 bits per heavy atom. The first-order valence-corrected chi connectivity index (χ1v) is 6.59. The summed E-state index contributed by atoms with van der Waals surface area (Å²) >= 11 is 0. The molecule has 0 saturated heterocycles. The zero-order chi connectivity index (χ0) is 14.4. The van der Waals surface area contributed by atoms with Crippen molar-refractivity contribution in [2.45, 2.75) is 40.4 Å². The number of benzene rings is 1. The van der Waals surface area contributed by atoms with Crippen LogP contribution in [0.3, 0.4) is 0 Å². The van der Waals surface area contributed by atoms with Gasteiger partial charge in [-0.05, 0) is 19.8 Å². The Balaban J connectivity index is 2.93. The summed E-state index contributed by atoms with van der Waals surface area (Å²) in [4.78, 5) is 10.7. The van der Waals surface area contributed by atoms with E-state index in [2.05, 4.69) is 19.2 Å². The van der Waals surface area contributed by atoms with Gasteiger partial charge in [-0.2, -0.15) is 0 Å². The standard InChI is InChI=1S/C14H22N2O3/c1-5-15-14-12(9-19-11(4)10(2)3)7-6-8-13(14)16(17)18/h6-8,10-11,15H,5,9H2,1-4H3. The van der Waals surface area contributed by atoms with Crippen LogP contribution in [0.5, 0.6) is 0 Å². The third kappa shape index (κ3) is 4.21. The highest BCUT2D eigenvalue weighted by Crippen LogP contribution is 2.29. The highest BCUT2D eigenvalue weighted by molar-refractivity contribution is 5.66. The minimum atomic E-state index is -0.368. The zero-order valence-electron chi connectivity index (χ0n) is 12.0. The van der Waals surface area contributed by atoms with Gasteiger partial charge in [0, 0.05) is 18.2 Å². The number of nitrogens with zero attached hydrogens (tertiary/aromatic N) is 1. The van der Waals surface area contributed by atoms with Crippen molar-refractivity contribution >= 4 is 11.4 Å². The molecule has 5 nitrogen and oxygen atoms in total. The Labute approximate surface area is 114 Å². The molecule has 0 spiro atoms. The molecule has 1 aromatic rings. The molecule has 0 radical (unpaired) electrons. The number of ether oxygens (including phenoxy) is 1. The Hall–Kier alpha value is -1.62. The van der Waals surface area contributed by atoms with Crippen molar-refractivity contribution in [1.82, 2.24) is 0 Å². The van der Waals surface area contributed by atoms with Crippen LogP contribution < -0.4 is 5.32 Å². The molecule has 1 aromatic carbocycles. The Morgan fingerprint density at radius 1 is 1.37 bits per heavy atom. The van der Waals surface area contributed by atoms with Crippen molar-refractivity contribution < 1.29 is 9.66 Å². The van der Waals surface area contributed by atoms with Gasteiger partial charge < -0.3 is 10.1 Å². The normalized spacial score (nSPS) is 12.5. The summed E-state index contributed by atoms with van der Waals surface area (Å²) in [7, 11) is 0. The Morgan fingerprint density at radius 2 is 2.05 bits per heavy atom. The second-order valence-electron chi connectivity index (χ2n) is 4.86. The molecular formula is C14H22N2O3. The minimum absolute atomic E-state index is 0.0974. The van der Waals surface area contributed by atoms with Crippen LogP contribution in [0.4, 0.5) is 11.4 Å². The quantitative estimate of drug-likeness (QED) is 0.605. The molecular weight excluding hydrogens is 244 g/mol.